The zero-order valence-corrected chi connectivity index (χ0v) is 20.6. The number of benzene rings is 1. The lowest BCUT2D eigenvalue weighted by molar-refractivity contribution is -0.136. The Morgan fingerprint density at radius 2 is 1.79 bits per heavy atom. The third-order valence-electron chi connectivity index (χ3n) is 7.09. The lowest BCUT2D eigenvalue weighted by Crippen LogP contribution is -2.45. The maximum atomic E-state index is 13.7. The van der Waals surface area contributed by atoms with Gasteiger partial charge in [0.1, 0.15) is 5.75 Å². The normalized spacial score (nSPS) is 21.4. The highest BCUT2D eigenvalue weighted by Gasteiger charge is 2.40. The summed E-state index contributed by atoms with van der Waals surface area (Å²) in [5.41, 5.74) is 3.58. The third-order valence-corrected chi connectivity index (χ3v) is 7.09. The van der Waals surface area contributed by atoms with Crippen LogP contribution in [0.4, 0.5) is 0 Å². The Labute approximate surface area is 201 Å². The fourth-order valence-corrected chi connectivity index (χ4v) is 5.12. The van der Waals surface area contributed by atoms with E-state index in [4.69, 9.17) is 9.47 Å². The van der Waals surface area contributed by atoms with Gasteiger partial charge in [0.2, 0.25) is 5.91 Å². The van der Waals surface area contributed by atoms with Crippen molar-refractivity contribution in [1.29, 1.82) is 0 Å². The van der Waals surface area contributed by atoms with Crippen LogP contribution in [-0.2, 0) is 16.1 Å². The summed E-state index contributed by atoms with van der Waals surface area (Å²) in [5.74, 6) is 0.555. The Bertz CT molecular complexity index is 1030. The molecule has 2 aromatic rings. The van der Waals surface area contributed by atoms with Gasteiger partial charge in [-0.25, -0.2) is 9.48 Å². The number of likely N-dealkylation sites (tertiary alicyclic amines) is 2. The maximum absolute atomic E-state index is 13.7. The monoisotopic (exact) mass is 469 g/mol. The first-order valence-corrected chi connectivity index (χ1v) is 12.1. The van der Waals surface area contributed by atoms with E-state index in [0.29, 0.717) is 19.5 Å². The van der Waals surface area contributed by atoms with Crippen molar-refractivity contribution in [3.8, 4) is 5.75 Å². The van der Waals surface area contributed by atoms with Crippen LogP contribution in [0.1, 0.15) is 65.3 Å². The minimum absolute atomic E-state index is 0.0496. The lowest BCUT2D eigenvalue weighted by Gasteiger charge is -2.30. The van der Waals surface area contributed by atoms with Gasteiger partial charge in [0.05, 0.1) is 32.5 Å². The van der Waals surface area contributed by atoms with Crippen molar-refractivity contribution < 1.29 is 19.1 Å². The number of hydrogen-bond donors (Lipinski definition) is 0. The first-order valence-electron chi connectivity index (χ1n) is 12.1. The molecule has 0 N–H and O–H groups in total. The molecule has 184 valence electrons. The lowest BCUT2D eigenvalue weighted by atomic mass is 10.0. The van der Waals surface area contributed by atoms with Gasteiger partial charge >= 0.3 is 5.97 Å². The van der Waals surface area contributed by atoms with Crippen LogP contribution in [0.2, 0.25) is 0 Å². The summed E-state index contributed by atoms with van der Waals surface area (Å²) in [6.07, 6.45) is 6.74. The molecule has 34 heavy (non-hydrogen) atoms. The van der Waals surface area contributed by atoms with Crippen LogP contribution in [0.5, 0.6) is 5.75 Å². The Kier molecular flexibility index (Phi) is 7.50. The summed E-state index contributed by atoms with van der Waals surface area (Å²) in [5, 5.41) is 8.15. The molecule has 1 amide bonds. The molecule has 0 saturated carbocycles. The Morgan fingerprint density at radius 1 is 1.06 bits per heavy atom. The molecule has 9 heteroatoms. The van der Waals surface area contributed by atoms with E-state index in [9.17, 15) is 9.59 Å². The predicted molar refractivity (Wildman–Crippen MR) is 127 cm³/mol. The smallest absolute Gasteiger partial charge is 0.360 e. The number of carbonyl (C=O) groups excluding carboxylic acids is 2. The first-order chi connectivity index (χ1) is 16.4. The molecule has 1 aromatic carbocycles. The summed E-state index contributed by atoms with van der Waals surface area (Å²) in [6.45, 7) is 7.08. The van der Waals surface area contributed by atoms with Gasteiger partial charge in [-0.15, -0.1) is 5.10 Å². The Hall–Kier alpha value is -2.94. The molecule has 0 bridgehead atoms. The van der Waals surface area contributed by atoms with Crippen LogP contribution in [0.3, 0.4) is 0 Å². The zero-order chi connectivity index (χ0) is 24.2. The molecule has 2 aliphatic rings. The molecule has 2 fully saturated rings. The third kappa shape index (κ3) is 5.09. The van der Waals surface area contributed by atoms with Crippen LogP contribution in [0.15, 0.2) is 18.3 Å². The summed E-state index contributed by atoms with van der Waals surface area (Å²) in [6, 6.07) is 3.92. The molecule has 0 radical (unpaired) electrons. The van der Waals surface area contributed by atoms with Crippen molar-refractivity contribution in [2.75, 3.05) is 33.9 Å². The fourth-order valence-electron chi connectivity index (χ4n) is 5.12. The molecule has 9 nitrogen and oxygen atoms in total. The number of nitrogens with zero attached hydrogens (tertiary/aromatic N) is 5. The molecule has 4 rings (SSSR count). The molecular weight excluding hydrogens is 434 g/mol. The van der Waals surface area contributed by atoms with Crippen LogP contribution in [0, 0.1) is 13.8 Å². The average molecular weight is 470 g/mol. The van der Waals surface area contributed by atoms with Gasteiger partial charge in [0, 0.05) is 26.2 Å². The number of amides is 1. The van der Waals surface area contributed by atoms with E-state index in [2.05, 4.69) is 34.3 Å². The predicted octanol–water partition coefficient (Wildman–Crippen LogP) is 2.91. The summed E-state index contributed by atoms with van der Waals surface area (Å²) < 4.78 is 12.0. The van der Waals surface area contributed by atoms with Gasteiger partial charge < -0.3 is 14.4 Å². The quantitative estimate of drug-likeness (QED) is 0.601. The van der Waals surface area contributed by atoms with Gasteiger partial charge in [0.15, 0.2) is 5.69 Å². The van der Waals surface area contributed by atoms with Gasteiger partial charge in [-0.3, -0.25) is 9.69 Å². The zero-order valence-electron chi connectivity index (χ0n) is 20.6. The highest BCUT2D eigenvalue weighted by molar-refractivity contribution is 5.86. The van der Waals surface area contributed by atoms with Crippen LogP contribution in [-0.4, -0.2) is 76.6 Å². The number of hydrogen-bond acceptors (Lipinski definition) is 7. The molecule has 0 spiro atoms. The van der Waals surface area contributed by atoms with Gasteiger partial charge in [-0.2, -0.15) is 0 Å². The highest BCUT2D eigenvalue weighted by Crippen LogP contribution is 2.32. The van der Waals surface area contributed by atoms with Crippen molar-refractivity contribution >= 4 is 11.9 Å². The molecule has 0 unspecified atom stereocenters. The number of aromatic nitrogens is 3. The van der Waals surface area contributed by atoms with Gasteiger partial charge in [-0.1, -0.05) is 24.1 Å². The van der Waals surface area contributed by atoms with Crippen LogP contribution < -0.4 is 4.74 Å². The van der Waals surface area contributed by atoms with E-state index >= 15 is 0 Å². The van der Waals surface area contributed by atoms with Crippen molar-refractivity contribution in [2.45, 2.75) is 64.6 Å². The Morgan fingerprint density at radius 3 is 2.47 bits per heavy atom. The topological polar surface area (TPSA) is 89.8 Å². The minimum atomic E-state index is -0.511. The molecule has 3 heterocycles. The van der Waals surface area contributed by atoms with Crippen molar-refractivity contribution in [3.63, 3.8) is 0 Å². The van der Waals surface area contributed by atoms with E-state index in [-0.39, 0.29) is 23.7 Å². The van der Waals surface area contributed by atoms with Crippen molar-refractivity contribution in [2.24, 2.45) is 0 Å². The Balaban J connectivity index is 1.59. The maximum Gasteiger partial charge on any atom is 0.360 e. The first kappa shape index (κ1) is 24.2. The second-order valence-electron chi connectivity index (χ2n) is 9.40. The number of ether oxygens (including phenoxy) is 2. The van der Waals surface area contributed by atoms with Crippen LogP contribution in [0.25, 0.3) is 0 Å². The largest absolute Gasteiger partial charge is 0.496 e. The van der Waals surface area contributed by atoms with Crippen molar-refractivity contribution in [3.05, 3.63) is 40.7 Å². The van der Waals surface area contributed by atoms with E-state index in [1.165, 1.54) is 25.5 Å². The van der Waals surface area contributed by atoms with E-state index in [0.717, 1.165) is 42.8 Å². The molecule has 2 atom stereocenters. The number of methoxy groups -OCH3 is 2. The summed E-state index contributed by atoms with van der Waals surface area (Å²) >= 11 is 0. The SMILES string of the molecule is COC(=O)c1cn([C@@H]2C[C@@H](C(=O)N3CCCCCC3)N(Cc3cc(C)c(OC)cc3C)C2)nn1. The fraction of sp³-hybridized carbons (Fsp3) is 0.600. The van der Waals surface area contributed by atoms with Crippen molar-refractivity contribution in [1.82, 2.24) is 24.8 Å². The summed E-state index contributed by atoms with van der Waals surface area (Å²) in [7, 11) is 3.01. The number of aryl methyl sites for hydroxylation is 2. The second kappa shape index (κ2) is 10.5. The molecule has 2 aliphatic heterocycles. The van der Waals surface area contributed by atoms with E-state index < -0.39 is 5.97 Å². The standard InChI is InChI=1S/C25H35N5O4/c1-17-12-23(33-3)18(2)11-19(17)14-29-15-20(30-16-21(26-27-30)25(32)34-4)13-22(29)24(31)28-9-7-5-6-8-10-28/h11-12,16,20,22H,5-10,13-15H2,1-4H3/t20-,22+/m1/s1. The van der Waals surface area contributed by atoms with Gasteiger partial charge in [-0.05, 0) is 55.9 Å². The molecule has 2 saturated heterocycles. The van der Waals surface area contributed by atoms with E-state index in [1.807, 2.05) is 11.8 Å². The van der Waals surface area contributed by atoms with Crippen LogP contribution >= 0.6 is 0 Å². The minimum Gasteiger partial charge on any atom is -0.496 e. The number of carbonyl (C=O) groups is 2. The number of rotatable bonds is 6. The summed E-state index contributed by atoms with van der Waals surface area (Å²) in [4.78, 5) is 29.8. The number of esters is 1. The second-order valence-corrected chi connectivity index (χ2v) is 9.40. The highest BCUT2D eigenvalue weighted by atomic mass is 16.5. The molecule has 0 aliphatic carbocycles. The molecular formula is C25H35N5O4. The average Bonchev–Trinajstić information content (AvgIpc) is 3.40. The van der Waals surface area contributed by atoms with E-state index in [1.54, 1.807) is 18.0 Å². The van der Waals surface area contributed by atoms with Gasteiger partial charge in [0.25, 0.3) is 0 Å². The molecule has 1 aromatic heterocycles.